The van der Waals surface area contributed by atoms with Crippen LogP contribution in [-0.4, -0.2) is 14.7 Å². The first-order valence-electron chi connectivity index (χ1n) is 5.79. The van der Waals surface area contributed by atoms with Gasteiger partial charge in [0, 0.05) is 11.1 Å². The Hall–Kier alpha value is -2.18. The SMILES string of the molecule is NS(=O)(=O)c1ccccc1COc1ccc(C=O)cc1. The molecule has 0 heterocycles. The molecule has 2 rings (SSSR count). The minimum absolute atomic E-state index is 0.0458. The van der Waals surface area contributed by atoms with Crippen LogP contribution in [0.5, 0.6) is 5.75 Å². The van der Waals surface area contributed by atoms with Crippen molar-refractivity contribution in [3.8, 4) is 5.75 Å². The first-order valence-corrected chi connectivity index (χ1v) is 7.34. The van der Waals surface area contributed by atoms with Crippen LogP contribution in [0.25, 0.3) is 0 Å². The molecule has 0 unspecified atom stereocenters. The van der Waals surface area contributed by atoms with Crippen LogP contribution < -0.4 is 9.88 Å². The Morgan fingerprint density at radius 3 is 2.30 bits per heavy atom. The van der Waals surface area contributed by atoms with Crippen LogP contribution >= 0.6 is 0 Å². The third-order valence-electron chi connectivity index (χ3n) is 2.69. The van der Waals surface area contributed by atoms with E-state index in [-0.39, 0.29) is 11.5 Å². The molecule has 0 aromatic heterocycles. The lowest BCUT2D eigenvalue weighted by atomic mass is 10.2. The van der Waals surface area contributed by atoms with Crippen LogP contribution in [0.3, 0.4) is 0 Å². The van der Waals surface area contributed by atoms with E-state index in [2.05, 4.69) is 0 Å². The number of sulfonamides is 1. The molecule has 2 N–H and O–H groups in total. The maximum Gasteiger partial charge on any atom is 0.238 e. The van der Waals surface area contributed by atoms with E-state index < -0.39 is 10.0 Å². The number of carbonyl (C=O) groups is 1. The van der Waals surface area contributed by atoms with E-state index in [0.717, 1.165) is 6.29 Å². The van der Waals surface area contributed by atoms with Crippen molar-refractivity contribution in [3.63, 3.8) is 0 Å². The van der Waals surface area contributed by atoms with Gasteiger partial charge in [0.05, 0.1) is 4.90 Å². The number of hydrogen-bond acceptors (Lipinski definition) is 4. The number of hydrogen-bond donors (Lipinski definition) is 1. The van der Waals surface area contributed by atoms with Crippen molar-refractivity contribution in [2.24, 2.45) is 5.14 Å². The average molecular weight is 291 g/mol. The van der Waals surface area contributed by atoms with Gasteiger partial charge in [-0.25, -0.2) is 13.6 Å². The highest BCUT2D eigenvalue weighted by atomic mass is 32.2. The van der Waals surface area contributed by atoms with Crippen LogP contribution in [0.1, 0.15) is 15.9 Å². The first kappa shape index (κ1) is 14.2. The molecular formula is C14H13NO4S. The van der Waals surface area contributed by atoms with Crippen molar-refractivity contribution in [1.82, 2.24) is 0 Å². The summed E-state index contributed by atoms with van der Waals surface area (Å²) in [6, 6.07) is 12.9. The second kappa shape index (κ2) is 5.85. The zero-order chi connectivity index (χ0) is 14.6. The molecule has 0 aliphatic carbocycles. The molecule has 0 fully saturated rings. The number of carbonyl (C=O) groups excluding carboxylic acids is 1. The summed E-state index contributed by atoms with van der Waals surface area (Å²) in [5, 5.41) is 5.14. The number of rotatable bonds is 5. The molecule has 0 spiro atoms. The molecule has 0 aliphatic heterocycles. The normalized spacial score (nSPS) is 11.1. The smallest absolute Gasteiger partial charge is 0.238 e. The van der Waals surface area contributed by atoms with Gasteiger partial charge >= 0.3 is 0 Å². The van der Waals surface area contributed by atoms with Crippen LogP contribution in [0.4, 0.5) is 0 Å². The number of aldehydes is 1. The quantitative estimate of drug-likeness (QED) is 0.850. The molecule has 0 aliphatic rings. The third kappa shape index (κ3) is 3.43. The Labute approximate surface area is 117 Å². The minimum Gasteiger partial charge on any atom is -0.489 e. The van der Waals surface area contributed by atoms with Gasteiger partial charge in [0.1, 0.15) is 18.6 Å². The second-order valence-corrected chi connectivity index (χ2v) is 5.66. The van der Waals surface area contributed by atoms with Gasteiger partial charge in [-0.1, -0.05) is 18.2 Å². The van der Waals surface area contributed by atoms with E-state index >= 15 is 0 Å². The van der Waals surface area contributed by atoms with Crippen molar-refractivity contribution in [1.29, 1.82) is 0 Å². The van der Waals surface area contributed by atoms with Crippen molar-refractivity contribution >= 4 is 16.3 Å². The number of ether oxygens (including phenoxy) is 1. The Kier molecular flexibility index (Phi) is 4.16. The third-order valence-corrected chi connectivity index (χ3v) is 3.70. The van der Waals surface area contributed by atoms with Crippen molar-refractivity contribution in [2.75, 3.05) is 0 Å². The van der Waals surface area contributed by atoms with E-state index in [9.17, 15) is 13.2 Å². The largest absolute Gasteiger partial charge is 0.489 e. The summed E-state index contributed by atoms with van der Waals surface area (Å²) < 4.78 is 28.4. The molecule has 0 saturated heterocycles. The molecule has 2 aromatic carbocycles. The summed E-state index contributed by atoms with van der Waals surface area (Å²) in [4.78, 5) is 10.6. The maximum atomic E-state index is 11.4. The fraction of sp³-hybridized carbons (Fsp3) is 0.0714. The monoisotopic (exact) mass is 291 g/mol. The Bertz CT molecular complexity index is 708. The van der Waals surface area contributed by atoms with Gasteiger partial charge in [-0.2, -0.15) is 0 Å². The van der Waals surface area contributed by atoms with Gasteiger partial charge in [0.2, 0.25) is 10.0 Å². The van der Waals surface area contributed by atoms with Crippen LogP contribution in [0.2, 0.25) is 0 Å². The lowest BCUT2D eigenvalue weighted by molar-refractivity contribution is 0.112. The molecule has 5 nitrogen and oxygen atoms in total. The highest BCUT2D eigenvalue weighted by molar-refractivity contribution is 7.89. The zero-order valence-electron chi connectivity index (χ0n) is 10.5. The van der Waals surface area contributed by atoms with E-state index in [1.165, 1.54) is 6.07 Å². The molecule has 0 radical (unpaired) electrons. The van der Waals surface area contributed by atoms with E-state index in [0.29, 0.717) is 16.9 Å². The molecular weight excluding hydrogens is 278 g/mol. The standard InChI is InChI=1S/C14H13NO4S/c15-20(17,18)14-4-2-1-3-12(14)10-19-13-7-5-11(9-16)6-8-13/h1-9H,10H2,(H2,15,17,18). The van der Waals surface area contributed by atoms with Gasteiger partial charge in [-0.15, -0.1) is 0 Å². The van der Waals surface area contributed by atoms with Crippen molar-refractivity contribution in [3.05, 3.63) is 59.7 Å². The van der Waals surface area contributed by atoms with Gasteiger partial charge in [0.25, 0.3) is 0 Å². The fourth-order valence-corrected chi connectivity index (χ4v) is 2.47. The molecule has 6 heteroatoms. The summed E-state index contributed by atoms with van der Waals surface area (Å²) in [5.41, 5.74) is 1.02. The molecule has 0 atom stereocenters. The zero-order valence-corrected chi connectivity index (χ0v) is 11.3. The second-order valence-electron chi connectivity index (χ2n) is 4.13. The topological polar surface area (TPSA) is 86.5 Å². The molecule has 0 amide bonds. The summed E-state index contributed by atoms with van der Waals surface area (Å²) in [7, 11) is -3.77. The predicted octanol–water partition coefficient (Wildman–Crippen LogP) is 1.73. The fourth-order valence-electron chi connectivity index (χ4n) is 1.70. The number of nitrogens with two attached hydrogens (primary N) is 1. The predicted molar refractivity (Wildman–Crippen MR) is 74.0 cm³/mol. The van der Waals surface area contributed by atoms with Crippen molar-refractivity contribution in [2.45, 2.75) is 11.5 Å². The molecule has 0 bridgehead atoms. The lowest BCUT2D eigenvalue weighted by Gasteiger charge is -2.09. The number of primary sulfonamides is 1. The van der Waals surface area contributed by atoms with Crippen molar-refractivity contribution < 1.29 is 17.9 Å². The Morgan fingerprint density at radius 1 is 1.05 bits per heavy atom. The first-order chi connectivity index (χ1) is 9.50. The molecule has 2 aromatic rings. The number of benzene rings is 2. The molecule has 20 heavy (non-hydrogen) atoms. The molecule has 104 valence electrons. The highest BCUT2D eigenvalue weighted by Crippen LogP contribution is 2.18. The van der Waals surface area contributed by atoms with Crippen LogP contribution in [0.15, 0.2) is 53.4 Å². The summed E-state index contributed by atoms with van der Waals surface area (Å²) in [5.74, 6) is 0.542. The van der Waals surface area contributed by atoms with Gasteiger partial charge in [-0.05, 0) is 30.3 Å². The molecule has 0 saturated carbocycles. The summed E-state index contributed by atoms with van der Waals surface area (Å²) in [6.45, 7) is 0.0764. The van der Waals surface area contributed by atoms with Gasteiger partial charge in [0.15, 0.2) is 0 Å². The lowest BCUT2D eigenvalue weighted by Crippen LogP contribution is -2.15. The van der Waals surface area contributed by atoms with Crippen LogP contribution in [-0.2, 0) is 16.6 Å². The summed E-state index contributed by atoms with van der Waals surface area (Å²) >= 11 is 0. The average Bonchev–Trinajstić information content (AvgIpc) is 2.45. The highest BCUT2D eigenvalue weighted by Gasteiger charge is 2.13. The van der Waals surface area contributed by atoms with E-state index in [4.69, 9.17) is 9.88 Å². The van der Waals surface area contributed by atoms with E-state index in [1.54, 1.807) is 42.5 Å². The van der Waals surface area contributed by atoms with Gasteiger partial charge < -0.3 is 4.74 Å². The van der Waals surface area contributed by atoms with E-state index in [1.807, 2.05) is 0 Å². The Balaban J connectivity index is 2.16. The summed E-state index contributed by atoms with van der Waals surface area (Å²) in [6.07, 6.45) is 0.736. The maximum absolute atomic E-state index is 11.4. The van der Waals surface area contributed by atoms with Gasteiger partial charge in [-0.3, -0.25) is 4.79 Å². The minimum atomic E-state index is -3.77. The Morgan fingerprint density at radius 2 is 1.70 bits per heavy atom. The van der Waals surface area contributed by atoms with Crippen LogP contribution in [0, 0.1) is 0 Å².